The van der Waals surface area contributed by atoms with Crippen LogP contribution in [0, 0.1) is 6.92 Å². The minimum Gasteiger partial charge on any atom is -0.321 e. The maximum atomic E-state index is 12.5. The molecular weight excluding hydrogens is 244 g/mol. The van der Waals surface area contributed by atoms with Crippen molar-refractivity contribution >= 4 is 17.2 Å². The molecule has 2 heterocycles. The number of carbonyl (C=O) groups excluding carboxylic acids is 1. The molecule has 4 heteroatoms. The van der Waals surface area contributed by atoms with Crippen LogP contribution in [0.2, 0.25) is 0 Å². The Kier molecular flexibility index (Phi) is 2.94. The molecule has 1 saturated heterocycles. The number of hydrogen-bond donors (Lipinski definition) is 1. The van der Waals surface area contributed by atoms with Crippen molar-refractivity contribution in [2.24, 2.45) is 0 Å². The highest BCUT2D eigenvalue weighted by molar-refractivity contribution is 7.08. The average molecular weight is 264 g/mol. The van der Waals surface area contributed by atoms with E-state index in [9.17, 15) is 4.79 Å². The third-order valence-corrected chi connectivity index (χ3v) is 5.01. The van der Waals surface area contributed by atoms with Gasteiger partial charge in [-0.25, -0.2) is 0 Å². The molecule has 0 bridgehead atoms. The molecule has 1 aromatic rings. The van der Waals surface area contributed by atoms with Gasteiger partial charge in [0.05, 0.1) is 11.7 Å². The number of rotatable bonds is 4. The molecule has 2 aliphatic rings. The first-order chi connectivity index (χ1) is 8.66. The smallest absolute Gasteiger partial charge is 0.244 e. The highest BCUT2D eigenvalue weighted by atomic mass is 32.1. The molecule has 1 N–H and O–H groups in total. The predicted octanol–water partition coefficient (Wildman–Crippen LogP) is 2.65. The van der Waals surface area contributed by atoms with E-state index >= 15 is 0 Å². The Bertz CT molecular complexity index is 464. The number of carbonyl (C=O) groups is 1. The molecular formula is C14H20N2OS. The normalized spacial score (nSPS) is 25.1. The Morgan fingerprint density at radius 3 is 2.83 bits per heavy atom. The van der Waals surface area contributed by atoms with Crippen LogP contribution in [-0.2, 0) is 11.3 Å². The summed E-state index contributed by atoms with van der Waals surface area (Å²) >= 11 is 1.72. The lowest BCUT2D eigenvalue weighted by atomic mass is 10.2. The summed E-state index contributed by atoms with van der Waals surface area (Å²) in [7, 11) is 0. The van der Waals surface area contributed by atoms with E-state index in [1.807, 2.05) is 0 Å². The fourth-order valence-electron chi connectivity index (χ4n) is 2.77. The first-order valence-electron chi connectivity index (χ1n) is 6.77. The minimum absolute atomic E-state index is 0.177. The average Bonchev–Trinajstić information content (AvgIpc) is 2.95. The molecule has 1 aliphatic heterocycles. The Hall–Kier alpha value is -0.870. The molecule has 1 spiro atoms. The zero-order valence-corrected chi connectivity index (χ0v) is 11.8. The van der Waals surface area contributed by atoms with E-state index in [1.54, 1.807) is 11.3 Å². The van der Waals surface area contributed by atoms with Crippen LogP contribution >= 0.6 is 11.3 Å². The second kappa shape index (κ2) is 4.35. The van der Waals surface area contributed by atoms with E-state index in [-0.39, 0.29) is 11.7 Å². The molecule has 1 saturated carbocycles. The van der Waals surface area contributed by atoms with E-state index in [0.717, 1.165) is 32.2 Å². The Morgan fingerprint density at radius 1 is 1.50 bits per heavy atom. The second-order valence-corrected chi connectivity index (χ2v) is 6.29. The van der Waals surface area contributed by atoms with E-state index in [2.05, 4.69) is 34.8 Å². The second-order valence-electron chi connectivity index (χ2n) is 5.54. The molecule has 3 rings (SSSR count). The monoisotopic (exact) mass is 264 g/mol. The highest BCUT2D eigenvalue weighted by Crippen LogP contribution is 2.43. The quantitative estimate of drug-likeness (QED) is 0.906. The summed E-state index contributed by atoms with van der Waals surface area (Å²) in [5, 5.41) is 7.88. The van der Waals surface area contributed by atoms with Crippen molar-refractivity contribution in [2.75, 3.05) is 0 Å². The van der Waals surface area contributed by atoms with Gasteiger partial charge in [-0.15, -0.1) is 0 Å². The highest BCUT2D eigenvalue weighted by Gasteiger charge is 2.58. The number of nitrogens with zero attached hydrogens (tertiary/aromatic N) is 1. The molecule has 1 aliphatic carbocycles. The first kappa shape index (κ1) is 12.2. The van der Waals surface area contributed by atoms with Gasteiger partial charge in [0.1, 0.15) is 0 Å². The molecule has 1 aromatic heterocycles. The largest absolute Gasteiger partial charge is 0.321 e. The predicted molar refractivity (Wildman–Crippen MR) is 73.4 cm³/mol. The zero-order chi connectivity index (χ0) is 12.8. The third-order valence-electron chi connectivity index (χ3n) is 4.10. The molecule has 1 atom stereocenters. The number of thiophene rings is 1. The number of amides is 1. The fourth-order valence-corrected chi connectivity index (χ4v) is 3.62. The van der Waals surface area contributed by atoms with Crippen LogP contribution in [0.5, 0.6) is 0 Å². The molecule has 0 radical (unpaired) electrons. The summed E-state index contributed by atoms with van der Waals surface area (Å²) in [6, 6.07) is 0. The summed E-state index contributed by atoms with van der Waals surface area (Å²) in [5.41, 5.74) is 2.43. The van der Waals surface area contributed by atoms with Crippen LogP contribution < -0.4 is 5.32 Å². The first-order valence-corrected chi connectivity index (χ1v) is 7.71. The molecule has 98 valence electrons. The maximum absolute atomic E-state index is 12.5. The number of aryl methyl sites for hydroxylation is 1. The molecule has 1 amide bonds. The van der Waals surface area contributed by atoms with Gasteiger partial charge in [-0.1, -0.05) is 13.3 Å². The molecule has 0 aromatic carbocycles. The van der Waals surface area contributed by atoms with E-state index < -0.39 is 0 Å². The van der Waals surface area contributed by atoms with Crippen molar-refractivity contribution in [3.63, 3.8) is 0 Å². The van der Waals surface area contributed by atoms with Gasteiger partial charge in [-0.2, -0.15) is 11.3 Å². The van der Waals surface area contributed by atoms with Gasteiger partial charge in [0.25, 0.3) is 0 Å². The molecule has 18 heavy (non-hydrogen) atoms. The van der Waals surface area contributed by atoms with Crippen molar-refractivity contribution < 1.29 is 4.79 Å². The lowest BCUT2D eigenvalue weighted by Gasteiger charge is -2.23. The van der Waals surface area contributed by atoms with E-state index in [1.165, 1.54) is 11.1 Å². The summed E-state index contributed by atoms with van der Waals surface area (Å²) in [6.07, 6.45) is 4.44. The van der Waals surface area contributed by atoms with Crippen LogP contribution in [0.3, 0.4) is 0 Å². The SMILES string of the molecule is CCCC1NC2(CC2)C(=O)N1Cc1cscc1C. The molecule has 2 fully saturated rings. The molecule has 3 nitrogen and oxygen atoms in total. The van der Waals surface area contributed by atoms with Crippen LogP contribution in [0.15, 0.2) is 10.8 Å². The van der Waals surface area contributed by atoms with Crippen molar-refractivity contribution in [2.45, 2.75) is 57.8 Å². The third kappa shape index (κ3) is 1.88. The van der Waals surface area contributed by atoms with Crippen molar-refractivity contribution in [3.05, 3.63) is 21.9 Å². The van der Waals surface area contributed by atoms with Crippen molar-refractivity contribution in [1.82, 2.24) is 10.2 Å². The topological polar surface area (TPSA) is 32.3 Å². The lowest BCUT2D eigenvalue weighted by molar-refractivity contribution is -0.131. The van der Waals surface area contributed by atoms with Crippen LogP contribution in [0.25, 0.3) is 0 Å². The van der Waals surface area contributed by atoms with E-state index in [4.69, 9.17) is 0 Å². The van der Waals surface area contributed by atoms with Gasteiger partial charge in [0.15, 0.2) is 0 Å². The summed E-state index contributed by atoms with van der Waals surface area (Å²) in [4.78, 5) is 14.5. The van der Waals surface area contributed by atoms with Crippen LogP contribution in [-0.4, -0.2) is 22.5 Å². The van der Waals surface area contributed by atoms with Gasteiger partial charge in [0, 0.05) is 6.54 Å². The van der Waals surface area contributed by atoms with Crippen molar-refractivity contribution in [1.29, 1.82) is 0 Å². The molecule has 1 unspecified atom stereocenters. The van der Waals surface area contributed by atoms with Gasteiger partial charge >= 0.3 is 0 Å². The summed E-state index contributed by atoms with van der Waals surface area (Å²) < 4.78 is 0. The van der Waals surface area contributed by atoms with Crippen molar-refractivity contribution in [3.8, 4) is 0 Å². The number of nitrogens with one attached hydrogen (secondary N) is 1. The van der Waals surface area contributed by atoms with E-state index in [0.29, 0.717) is 5.91 Å². The van der Waals surface area contributed by atoms with Gasteiger partial charge in [-0.05, 0) is 48.1 Å². The minimum atomic E-state index is -0.177. The van der Waals surface area contributed by atoms with Gasteiger partial charge in [0.2, 0.25) is 5.91 Å². The lowest BCUT2D eigenvalue weighted by Crippen LogP contribution is -2.36. The Labute approximate surface area is 112 Å². The number of hydrogen-bond acceptors (Lipinski definition) is 3. The fraction of sp³-hybridized carbons (Fsp3) is 0.643. The van der Waals surface area contributed by atoms with Crippen LogP contribution in [0.1, 0.15) is 43.7 Å². The summed E-state index contributed by atoms with van der Waals surface area (Å²) in [5.74, 6) is 0.326. The van der Waals surface area contributed by atoms with Crippen LogP contribution in [0.4, 0.5) is 0 Å². The summed E-state index contributed by atoms with van der Waals surface area (Å²) in [6.45, 7) is 5.08. The Morgan fingerprint density at radius 2 is 2.28 bits per heavy atom. The standard InChI is InChI=1S/C14H20N2OS/c1-3-4-12-15-14(5-6-14)13(17)16(12)7-11-9-18-8-10(11)2/h8-9,12,15H,3-7H2,1-2H3. The Balaban J connectivity index is 1.80. The zero-order valence-electron chi connectivity index (χ0n) is 11.0. The van der Waals surface area contributed by atoms with Gasteiger partial charge in [-0.3, -0.25) is 10.1 Å². The van der Waals surface area contributed by atoms with Gasteiger partial charge < -0.3 is 4.90 Å². The maximum Gasteiger partial charge on any atom is 0.244 e.